The van der Waals surface area contributed by atoms with Crippen LogP contribution in [0.1, 0.15) is 30.3 Å². The fourth-order valence-electron chi connectivity index (χ4n) is 4.24. The standard InChI is InChI=1S/C26H22N2O4S2/c1-4-32-25(30)22-15(2)27-26-28(23(22)20-10-7-13-33-20)24(29)21(34-26)14-18-17-9-6-5-8-16(17)11-12-19(18)31-3/h5-14,23H,4H2,1-3H3/t23-/m1/s1. The minimum atomic E-state index is -0.577. The van der Waals surface area contributed by atoms with Crippen LogP contribution in [0.15, 0.2) is 75.0 Å². The number of thiophene rings is 1. The lowest BCUT2D eigenvalue weighted by atomic mass is 10.0. The highest BCUT2D eigenvalue weighted by molar-refractivity contribution is 7.10. The Morgan fingerprint density at radius 3 is 2.74 bits per heavy atom. The molecule has 4 aromatic rings. The largest absolute Gasteiger partial charge is 0.496 e. The highest BCUT2D eigenvalue weighted by atomic mass is 32.1. The van der Waals surface area contributed by atoms with E-state index in [-0.39, 0.29) is 12.2 Å². The van der Waals surface area contributed by atoms with Gasteiger partial charge in [-0.15, -0.1) is 11.3 Å². The van der Waals surface area contributed by atoms with Crippen molar-refractivity contribution < 1.29 is 14.3 Å². The second-order valence-electron chi connectivity index (χ2n) is 7.72. The molecule has 8 heteroatoms. The summed E-state index contributed by atoms with van der Waals surface area (Å²) in [5.74, 6) is 0.231. The van der Waals surface area contributed by atoms with Crippen molar-refractivity contribution in [2.24, 2.45) is 4.99 Å². The van der Waals surface area contributed by atoms with Crippen molar-refractivity contribution in [1.82, 2.24) is 4.57 Å². The number of nitrogens with zero attached hydrogens (tertiary/aromatic N) is 2. The number of fused-ring (bicyclic) bond motifs is 2. The Balaban J connectivity index is 1.77. The Morgan fingerprint density at radius 1 is 1.18 bits per heavy atom. The summed E-state index contributed by atoms with van der Waals surface area (Å²) in [6, 6.07) is 15.2. The summed E-state index contributed by atoms with van der Waals surface area (Å²) in [5, 5.41) is 3.98. The third kappa shape index (κ3) is 3.69. The SMILES string of the molecule is CCOC(=O)C1=C(C)N=c2sc(=Cc3c(OC)ccc4ccccc34)c(=O)n2[C@@H]1c1cccs1. The van der Waals surface area contributed by atoms with E-state index < -0.39 is 12.0 Å². The van der Waals surface area contributed by atoms with Gasteiger partial charge in [-0.25, -0.2) is 9.79 Å². The number of rotatable bonds is 5. The number of benzene rings is 2. The molecule has 0 unspecified atom stereocenters. The highest BCUT2D eigenvalue weighted by Gasteiger charge is 2.33. The molecule has 6 nitrogen and oxygen atoms in total. The number of methoxy groups -OCH3 is 1. The predicted molar refractivity (Wildman–Crippen MR) is 135 cm³/mol. The number of esters is 1. The number of carbonyl (C=O) groups excluding carboxylic acids is 1. The third-order valence-electron chi connectivity index (χ3n) is 5.76. The van der Waals surface area contributed by atoms with Crippen LogP contribution in [-0.4, -0.2) is 24.3 Å². The maximum absolute atomic E-state index is 13.8. The minimum Gasteiger partial charge on any atom is -0.496 e. The van der Waals surface area contributed by atoms with E-state index in [4.69, 9.17) is 9.47 Å². The lowest BCUT2D eigenvalue weighted by Crippen LogP contribution is -2.39. The third-order valence-corrected chi connectivity index (χ3v) is 7.66. The number of aromatic nitrogens is 1. The molecule has 0 bridgehead atoms. The van der Waals surface area contributed by atoms with Crippen LogP contribution < -0.4 is 19.6 Å². The molecule has 0 spiro atoms. The molecule has 5 rings (SSSR count). The number of thiazole rings is 1. The van der Waals surface area contributed by atoms with Crippen molar-refractivity contribution in [2.75, 3.05) is 13.7 Å². The zero-order valence-corrected chi connectivity index (χ0v) is 20.5. The molecule has 172 valence electrons. The van der Waals surface area contributed by atoms with E-state index in [0.717, 1.165) is 21.2 Å². The molecule has 3 heterocycles. The van der Waals surface area contributed by atoms with Crippen molar-refractivity contribution in [3.8, 4) is 5.75 Å². The zero-order chi connectivity index (χ0) is 23.8. The summed E-state index contributed by atoms with van der Waals surface area (Å²) < 4.78 is 13.1. The summed E-state index contributed by atoms with van der Waals surface area (Å²) in [6.45, 7) is 3.80. The summed E-state index contributed by atoms with van der Waals surface area (Å²) in [6.07, 6.45) is 1.86. The highest BCUT2D eigenvalue weighted by Crippen LogP contribution is 2.33. The molecule has 0 aliphatic carbocycles. The number of ether oxygens (including phenoxy) is 2. The van der Waals surface area contributed by atoms with Crippen molar-refractivity contribution in [3.05, 3.63) is 95.3 Å². The smallest absolute Gasteiger partial charge is 0.338 e. The summed E-state index contributed by atoms with van der Waals surface area (Å²) in [4.78, 5) is 32.7. The van der Waals surface area contributed by atoms with Crippen LogP contribution in [0.4, 0.5) is 0 Å². The first kappa shape index (κ1) is 22.3. The number of allylic oxidation sites excluding steroid dienone is 1. The van der Waals surface area contributed by atoms with Gasteiger partial charge in [0.1, 0.15) is 11.8 Å². The monoisotopic (exact) mass is 490 g/mol. The van der Waals surface area contributed by atoms with Crippen molar-refractivity contribution in [1.29, 1.82) is 0 Å². The summed E-state index contributed by atoms with van der Waals surface area (Å²) >= 11 is 2.80. The predicted octanol–water partition coefficient (Wildman–Crippen LogP) is 4.02. The van der Waals surface area contributed by atoms with Crippen LogP contribution in [0.25, 0.3) is 16.8 Å². The van der Waals surface area contributed by atoms with Gasteiger partial charge in [0, 0.05) is 10.4 Å². The lowest BCUT2D eigenvalue weighted by molar-refractivity contribution is -0.139. The average Bonchev–Trinajstić information content (AvgIpc) is 3.47. The molecule has 2 aromatic carbocycles. The molecule has 34 heavy (non-hydrogen) atoms. The molecular weight excluding hydrogens is 468 g/mol. The Bertz CT molecular complexity index is 1610. The first-order chi connectivity index (χ1) is 16.5. The van der Waals surface area contributed by atoms with Gasteiger partial charge in [0.15, 0.2) is 4.80 Å². The van der Waals surface area contributed by atoms with E-state index in [9.17, 15) is 9.59 Å². The van der Waals surface area contributed by atoms with Crippen molar-refractivity contribution in [2.45, 2.75) is 19.9 Å². The first-order valence-electron chi connectivity index (χ1n) is 10.8. The summed E-state index contributed by atoms with van der Waals surface area (Å²) in [7, 11) is 1.62. The fraction of sp³-hybridized carbons (Fsp3) is 0.192. The molecule has 0 N–H and O–H groups in total. The Labute approximate surface area is 203 Å². The molecule has 1 aliphatic heterocycles. The quantitative estimate of drug-likeness (QED) is 0.396. The van der Waals surface area contributed by atoms with Crippen molar-refractivity contribution in [3.63, 3.8) is 0 Å². The fourth-order valence-corrected chi connectivity index (χ4v) is 6.09. The molecule has 1 aliphatic rings. The topological polar surface area (TPSA) is 69.9 Å². The molecule has 1 atom stereocenters. The second-order valence-corrected chi connectivity index (χ2v) is 9.71. The van der Waals surface area contributed by atoms with Crippen molar-refractivity contribution >= 4 is 45.5 Å². The molecule has 0 saturated carbocycles. The molecular formula is C26H22N2O4S2. The minimum absolute atomic E-state index is 0.202. The van der Waals surface area contributed by atoms with Crippen LogP contribution in [0.5, 0.6) is 5.75 Å². The normalized spacial score (nSPS) is 15.9. The maximum Gasteiger partial charge on any atom is 0.338 e. The lowest BCUT2D eigenvalue weighted by Gasteiger charge is -2.23. The van der Waals surface area contributed by atoms with E-state index in [1.807, 2.05) is 60.0 Å². The number of hydrogen-bond donors (Lipinski definition) is 0. The molecule has 0 radical (unpaired) electrons. The maximum atomic E-state index is 13.8. The van der Waals surface area contributed by atoms with Crippen LogP contribution in [0, 0.1) is 0 Å². The van der Waals surface area contributed by atoms with E-state index in [1.54, 1.807) is 25.5 Å². The Morgan fingerprint density at radius 2 is 2.00 bits per heavy atom. The zero-order valence-electron chi connectivity index (χ0n) is 18.9. The van der Waals surface area contributed by atoms with E-state index in [1.165, 1.54) is 22.7 Å². The van der Waals surface area contributed by atoms with Crippen LogP contribution in [0.3, 0.4) is 0 Å². The Hall–Kier alpha value is -3.49. The van der Waals surface area contributed by atoms with Gasteiger partial charge in [-0.3, -0.25) is 9.36 Å². The number of hydrogen-bond acceptors (Lipinski definition) is 7. The Kier molecular flexibility index (Phi) is 5.93. The molecule has 0 saturated heterocycles. The van der Waals surface area contributed by atoms with E-state index in [2.05, 4.69) is 4.99 Å². The van der Waals surface area contributed by atoms with Gasteiger partial charge < -0.3 is 9.47 Å². The van der Waals surface area contributed by atoms with E-state index >= 15 is 0 Å². The van der Waals surface area contributed by atoms with Crippen LogP contribution in [-0.2, 0) is 9.53 Å². The van der Waals surface area contributed by atoms with E-state index in [0.29, 0.717) is 26.4 Å². The average molecular weight is 491 g/mol. The van der Waals surface area contributed by atoms with Gasteiger partial charge >= 0.3 is 5.97 Å². The van der Waals surface area contributed by atoms with Gasteiger partial charge in [-0.05, 0) is 48.2 Å². The molecule has 0 amide bonds. The van der Waals surface area contributed by atoms with Crippen LogP contribution in [0.2, 0.25) is 0 Å². The van der Waals surface area contributed by atoms with Gasteiger partial charge in [0.2, 0.25) is 0 Å². The van der Waals surface area contributed by atoms with Gasteiger partial charge in [0.05, 0.1) is 29.5 Å². The van der Waals surface area contributed by atoms with Gasteiger partial charge in [-0.1, -0.05) is 47.7 Å². The first-order valence-corrected chi connectivity index (χ1v) is 12.5. The van der Waals surface area contributed by atoms with Gasteiger partial charge in [-0.2, -0.15) is 0 Å². The molecule has 0 fully saturated rings. The van der Waals surface area contributed by atoms with Crippen LogP contribution >= 0.6 is 22.7 Å². The number of carbonyl (C=O) groups is 1. The molecule has 2 aromatic heterocycles. The van der Waals surface area contributed by atoms with Gasteiger partial charge in [0.25, 0.3) is 5.56 Å². The summed E-state index contributed by atoms with van der Waals surface area (Å²) in [5.41, 5.74) is 1.59. The second kappa shape index (κ2) is 9.04.